The molecule has 11 rings (SSSR count). The van der Waals surface area contributed by atoms with Gasteiger partial charge in [-0.3, -0.25) is 0 Å². The third kappa shape index (κ3) is 4.44. The summed E-state index contributed by atoms with van der Waals surface area (Å²) in [6, 6.07) is 66.3. The second kappa shape index (κ2) is 11.5. The second-order valence-corrected chi connectivity index (χ2v) is 15.3. The number of benzene rings is 8. The van der Waals surface area contributed by atoms with Crippen LogP contribution in [0.25, 0.3) is 64.4 Å². The smallest absolute Gasteiger partial charge is 0.137 e. The number of anilines is 3. The minimum absolute atomic E-state index is 0.436. The van der Waals surface area contributed by atoms with E-state index in [2.05, 4.69) is 188 Å². The summed E-state index contributed by atoms with van der Waals surface area (Å²) in [5.74, 6) is 0. The van der Waals surface area contributed by atoms with Gasteiger partial charge in [0, 0.05) is 36.7 Å². The molecule has 0 aliphatic heterocycles. The number of hydrogen-bond donors (Lipinski definition) is 0. The highest BCUT2D eigenvalue weighted by molar-refractivity contribution is 7.25. The zero-order valence-corrected chi connectivity index (χ0v) is 29.9. The Morgan fingerprint density at radius 1 is 0.453 bits per heavy atom. The zero-order valence-electron chi connectivity index (χ0n) is 29.1. The van der Waals surface area contributed by atoms with Gasteiger partial charge in [0.15, 0.2) is 0 Å². The first-order valence-corrected chi connectivity index (χ1v) is 19.0. The fourth-order valence-electron chi connectivity index (χ4n) is 8.87. The lowest BCUT2D eigenvalue weighted by Gasteiger charge is -2.35. The molecule has 2 aromatic heterocycles. The maximum Gasteiger partial charge on any atom is 0.137 e. The van der Waals surface area contributed by atoms with Crippen molar-refractivity contribution < 1.29 is 4.42 Å². The largest absolute Gasteiger partial charge is 0.456 e. The van der Waals surface area contributed by atoms with Crippen LogP contribution in [0, 0.1) is 0 Å². The molecule has 8 aromatic carbocycles. The van der Waals surface area contributed by atoms with Gasteiger partial charge in [-0.05, 0) is 94.4 Å². The Labute approximate surface area is 311 Å². The summed E-state index contributed by atoms with van der Waals surface area (Å²) in [4.78, 5) is 2.49. The molecule has 0 spiro atoms. The van der Waals surface area contributed by atoms with Gasteiger partial charge in [-0.25, -0.2) is 0 Å². The Hall–Kier alpha value is -6.42. The molecule has 0 N–H and O–H groups in total. The molecule has 0 radical (unpaired) electrons. The Bertz CT molecular complexity index is 2980. The molecule has 3 heteroatoms. The molecule has 0 unspecified atom stereocenters. The number of fused-ring (bicyclic) bond motifs is 9. The third-order valence-electron chi connectivity index (χ3n) is 11.4. The van der Waals surface area contributed by atoms with Crippen LogP contribution >= 0.6 is 11.3 Å². The first-order chi connectivity index (χ1) is 26.2. The van der Waals surface area contributed by atoms with E-state index in [4.69, 9.17) is 4.42 Å². The summed E-state index contributed by atoms with van der Waals surface area (Å²) >= 11 is 1.87. The van der Waals surface area contributed by atoms with Gasteiger partial charge in [-0.15, -0.1) is 11.3 Å². The number of nitrogens with zero attached hydrogens (tertiary/aromatic N) is 1. The first kappa shape index (κ1) is 30.2. The quantitative estimate of drug-likeness (QED) is 0.178. The average molecular weight is 696 g/mol. The van der Waals surface area contributed by atoms with Crippen LogP contribution in [0.1, 0.15) is 23.6 Å². The highest BCUT2D eigenvalue weighted by Gasteiger charge is 2.43. The lowest BCUT2D eigenvalue weighted by atomic mass is 9.73. The van der Waals surface area contributed by atoms with Crippen molar-refractivity contribution in [1.82, 2.24) is 0 Å². The van der Waals surface area contributed by atoms with E-state index in [-0.39, 0.29) is 0 Å². The topological polar surface area (TPSA) is 16.4 Å². The SMILES string of the molecule is CC1(c2cc3c(cc2N(c2ccc(-c4ccccc4)cc2)c2cccc4oc5ccccc5c24)sc2ccccc23)c2ccccc2-c2ccccc21. The first-order valence-electron chi connectivity index (χ1n) is 18.2. The number of para-hydroxylation sites is 1. The van der Waals surface area contributed by atoms with Gasteiger partial charge >= 0.3 is 0 Å². The molecule has 0 saturated heterocycles. The van der Waals surface area contributed by atoms with Crippen molar-refractivity contribution in [1.29, 1.82) is 0 Å². The predicted octanol–water partition coefficient (Wildman–Crippen LogP) is 14.4. The standard InChI is InChI=1S/C50H33NOS/c1-50(40-20-9-5-16-35(40)36-17-6-10-21-41(36)50)42-30-39-37-18-8-12-25-47(37)53-48(39)31-44(42)51(34-28-26-33(27-29-34)32-14-3-2-4-15-32)43-22-13-24-46-49(43)38-19-7-11-23-45(38)52-46/h2-31H,1H3. The van der Waals surface area contributed by atoms with Crippen LogP contribution < -0.4 is 4.90 Å². The van der Waals surface area contributed by atoms with Crippen LogP contribution in [0.4, 0.5) is 17.1 Å². The van der Waals surface area contributed by atoms with Crippen molar-refractivity contribution in [3.8, 4) is 22.3 Å². The Kier molecular flexibility index (Phi) is 6.58. The van der Waals surface area contributed by atoms with E-state index in [1.807, 2.05) is 17.4 Å². The van der Waals surface area contributed by atoms with Crippen molar-refractivity contribution in [3.05, 3.63) is 199 Å². The van der Waals surface area contributed by atoms with Crippen LogP contribution in [0.2, 0.25) is 0 Å². The van der Waals surface area contributed by atoms with Crippen molar-refractivity contribution >= 4 is 70.5 Å². The molecule has 250 valence electrons. The van der Waals surface area contributed by atoms with Crippen LogP contribution in [-0.2, 0) is 5.41 Å². The van der Waals surface area contributed by atoms with Gasteiger partial charge in [-0.1, -0.05) is 133 Å². The predicted molar refractivity (Wildman–Crippen MR) is 224 cm³/mol. The summed E-state index contributed by atoms with van der Waals surface area (Å²) in [5, 5.41) is 4.80. The maximum absolute atomic E-state index is 6.52. The van der Waals surface area contributed by atoms with Crippen LogP contribution in [0.3, 0.4) is 0 Å². The van der Waals surface area contributed by atoms with E-state index in [1.54, 1.807) is 0 Å². The molecule has 0 atom stereocenters. The summed E-state index contributed by atoms with van der Waals surface area (Å²) in [6.07, 6.45) is 0. The van der Waals surface area contributed by atoms with Gasteiger partial charge in [0.1, 0.15) is 11.2 Å². The maximum atomic E-state index is 6.52. The summed E-state index contributed by atoms with van der Waals surface area (Å²) < 4.78 is 9.08. The molecule has 0 amide bonds. The second-order valence-electron chi connectivity index (χ2n) is 14.2. The van der Waals surface area contributed by atoms with Gasteiger partial charge < -0.3 is 9.32 Å². The molecule has 10 aromatic rings. The minimum atomic E-state index is -0.436. The van der Waals surface area contributed by atoms with Crippen molar-refractivity contribution in [2.24, 2.45) is 0 Å². The lowest BCUT2D eigenvalue weighted by Crippen LogP contribution is -2.26. The number of furan rings is 1. The molecule has 53 heavy (non-hydrogen) atoms. The van der Waals surface area contributed by atoms with Gasteiger partial charge in [0.25, 0.3) is 0 Å². The van der Waals surface area contributed by atoms with Crippen molar-refractivity contribution in [2.45, 2.75) is 12.3 Å². The monoisotopic (exact) mass is 695 g/mol. The fourth-order valence-corrected chi connectivity index (χ4v) is 9.99. The summed E-state index contributed by atoms with van der Waals surface area (Å²) in [5.41, 5.74) is 13.6. The molecule has 2 heterocycles. The minimum Gasteiger partial charge on any atom is -0.456 e. The molecule has 2 nitrogen and oxygen atoms in total. The summed E-state index contributed by atoms with van der Waals surface area (Å²) in [6.45, 7) is 2.43. The van der Waals surface area contributed by atoms with E-state index in [1.165, 1.54) is 59.1 Å². The number of thiophene rings is 1. The highest BCUT2D eigenvalue weighted by atomic mass is 32.1. The van der Waals surface area contributed by atoms with E-state index in [9.17, 15) is 0 Å². The third-order valence-corrected chi connectivity index (χ3v) is 12.5. The van der Waals surface area contributed by atoms with Crippen molar-refractivity contribution in [3.63, 3.8) is 0 Å². The lowest BCUT2D eigenvalue weighted by molar-refractivity contribution is 0.669. The molecular formula is C50H33NOS. The van der Waals surface area contributed by atoms with Crippen LogP contribution in [0.5, 0.6) is 0 Å². The van der Waals surface area contributed by atoms with Crippen LogP contribution in [0.15, 0.2) is 186 Å². The molecular weight excluding hydrogens is 663 g/mol. The van der Waals surface area contributed by atoms with Crippen LogP contribution in [-0.4, -0.2) is 0 Å². The normalized spacial score (nSPS) is 13.2. The van der Waals surface area contributed by atoms with E-state index < -0.39 is 5.41 Å². The molecule has 0 saturated carbocycles. The highest BCUT2D eigenvalue weighted by Crippen LogP contribution is 2.57. The van der Waals surface area contributed by atoms with Crippen molar-refractivity contribution in [2.75, 3.05) is 4.90 Å². The molecule has 0 fully saturated rings. The van der Waals surface area contributed by atoms with Gasteiger partial charge in [0.2, 0.25) is 0 Å². The van der Waals surface area contributed by atoms with Gasteiger partial charge in [-0.2, -0.15) is 0 Å². The Balaban J connectivity index is 1.27. The molecule has 0 bridgehead atoms. The van der Waals surface area contributed by atoms with E-state index in [0.717, 1.165) is 39.0 Å². The number of hydrogen-bond acceptors (Lipinski definition) is 3. The van der Waals surface area contributed by atoms with E-state index >= 15 is 0 Å². The van der Waals surface area contributed by atoms with Gasteiger partial charge in [0.05, 0.1) is 16.8 Å². The molecule has 1 aliphatic rings. The average Bonchev–Trinajstić information content (AvgIpc) is 3.87. The van der Waals surface area contributed by atoms with E-state index in [0.29, 0.717) is 0 Å². The zero-order chi connectivity index (χ0) is 35.1. The number of rotatable bonds is 5. The Morgan fingerprint density at radius 2 is 1.08 bits per heavy atom. The molecule has 1 aliphatic carbocycles. The fraction of sp³-hybridized carbons (Fsp3) is 0.0400. The summed E-state index contributed by atoms with van der Waals surface area (Å²) in [7, 11) is 0. The Morgan fingerprint density at radius 3 is 1.85 bits per heavy atom.